The summed E-state index contributed by atoms with van der Waals surface area (Å²) in [6.45, 7) is 3.98. The maximum atomic E-state index is 11.4. The first kappa shape index (κ1) is 9.45. The summed E-state index contributed by atoms with van der Waals surface area (Å²) in [5.41, 5.74) is 0. The molecular formula is C9H15N3O2. The maximum Gasteiger partial charge on any atom is 0.324 e. The van der Waals surface area contributed by atoms with Crippen LogP contribution >= 0.6 is 0 Å². The lowest BCUT2D eigenvalue weighted by atomic mass is 9.97. The molecule has 2 unspecified atom stereocenters. The van der Waals surface area contributed by atoms with Gasteiger partial charge in [0.2, 0.25) is 5.91 Å². The Labute approximate surface area is 82.8 Å². The van der Waals surface area contributed by atoms with E-state index in [1.165, 1.54) is 4.90 Å². The minimum absolute atomic E-state index is 0.0359. The number of imide groups is 1. The van der Waals surface area contributed by atoms with Crippen LogP contribution in [0.4, 0.5) is 4.79 Å². The van der Waals surface area contributed by atoms with Crippen LogP contribution in [0.5, 0.6) is 0 Å². The third-order valence-corrected chi connectivity index (χ3v) is 2.79. The number of nitrogens with one attached hydrogen (secondary N) is 2. The number of carbonyl (C=O) groups is 2. The number of hydrogen-bond acceptors (Lipinski definition) is 3. The number of hydrogen-bond donors (Lipinski definition) is 2. The zero-order valence-electron chi connectivity index (χ0n) is 8.25. The summed E-state index contributed by atoms with van der Waals surface area (Å²) in [6, 6.07) is -0.204. The predicted molar refractivity (Wildman–Crippen MR) is 50.7 cm³/mol. The Morgan fingerprint density at radius 3 is 2.71 bits per heavy atom. The molecule has 78 valence electrons. The van der Waals surface area contributed by atoms with Gasteiger partial charge in [0.1, 0.15) is 0 Å². The summed E-state index contributed by atoms with van der Waals surface area (Å²) < 4.78 is 0. The van der Waals surface area contributed by atoms with Gasteiger partial charge in [0, 0.05) is 6.54 Å². The Balaban J connectivity index is 2.05. The summed E-state index contributed by atoms with van der Waals surface area (Å²) in [6.07, 6.45) is 0.909. The van der Waals surface area contributed by atoms with Crippen LogP contribution in [0.3, 0.4) is 0 Å². The largest absolute Gasteiger partial charge is 0.329 e. The lowest BCUT2D eigenvalue weighted by molar-refractivity contribution is -0.126. The molecule has 0 aromatic heterocycles. The first-order valence-corrected chi connectivity index (χ1v) is 4.99. The van der Waals surface area contributed by atoms with Crippen LogP contribution in [0.1, 0.15) is 13.3 Å². The van der Waals surface area contributed by atoms with Gasteiger partial charge < -0.3 is 10.6 Å². The molecule has 0 radical (unpaired) electrons. The molecule has 2 N–H and O–H groups in total. The molecule has 0 aromatic rings. The van der Waals surface area contributed by atoms with E-state index in [1.807, 2.05) is 0 Å². The fraction of sp³-hybridized carbons (Fsp3) is 0.778. The minimum Gasteiger partial charge on any atom is -0.329 e. The average molecular weight is 197 g/mol. The highest BCUT2D eigenvalue weighted by Crippen LogP contribution is 2.17. The van der Waals surface area contributed by atoms with Gasteiger partial charge in [-0.2, -0.15) is 0 Å². The van der Waals surface area contributed by atoms with Gasteiger partial charge >= 0.3 is 6.03 Å². The number of amides is 3. The Morgan fingerprint density at radius 2 is 2.14 bits per heavy atom. The van der Waals surface area contributed by atoms with E-state index in [0.29, 0.717) is 5.92 Å². The molecule has 2 aliphatic heterocycles. The van der Waals surface area contributed by atoms with E-state index in [0.717, 1.165) is 19.5 Å². The molecule has 5 heteroatoms. The summed E-state index contributed by atoms with van der Waals surface area (Å²) in [5, 5.41) is 5.77. The summed E-state index contributed by atoms with van der Waals surface area (Å²) in [4.78, 5) is 24.1. The lowest BCUT2D eigenvalue weighted by Crippen LogP contribution is -2.51. The lowest BCUT2D eigenvalue weighted by Gasteiger charge is -2.32. The quantitative estimate of drug-likeness (QED) is 0.559. The molecule has 2 heterocycles. The third kappa shape index (κ3) is 1.59. The molecule has 0 bridgehead atoms. The van der Waals surface area contributed by atoms with Crippen LogP contribution in [0.2, 0.25) is 0 Å². The van der Waals surface area contributed by atoms with Gasteiger partial charge in [-0.05, 0) is 18.9 Å². The second kappa shape index (κ2) is 3.57. The van der Waals surface area contributed by atoms with E-state index in [2.05, 4.69) is 17.6 Å². The van der Waals surface area contributed by atoms with E-state index in [9.17, 15) is 9.59 Å². The first-order chi connectivity index (χ1) is 6.68. The van der Waals surface area contributed by atoms with Crippen LogP contribution in [-0.2, 0) is 4.79 Å². The summed E-state index contributed by atoms with van der Waals surface area (Å²) in [5.74, 6) is 0.422. The Hall–Kier alpha value is -1.10. The van der Waals surface area contributed by atoms with Crippen molar-refractivity contribution in [3.05, 3.63) is 0 Å². The van der Waals surface area contributed by atoms with Crippen LogP contribution < -0.4 is 10.6 Å². The van der Waals surface area contributed by atoms with Crippen LogP contribution in [0.15, 0.2) is 0 Å². The van der Waals surface area contributed by atoms with Crippen molar-refractivity contribution in [2.45, 2.75) is 19.4 Å². The van der Waals surface area contributed by atoms with Gasteiger partial charge in [-0.1, -0.05) is 6.92 Å². The van der Waals surface area contributed by atoms with E-state index in [1.54, 1.807) is 0 Å². The average Bonchev–Trinajstić information content (AvgIpc) is 2.46. The van der Waals surface area contributed by atoms with E-state index in [-0.39, 0.29) is 24.5 Å². The Bertz CT molecular complexity index is 251. The SMILES string of the molecule is CC1CNCC(N2C(=O)CNC2=O)C1. The van der Waals surface area contributed by atoms with Gasteiger partial charge in [0.25, 0.3) is 0 Å². The molecular weight excluding hydrogens is 182 g/mol. The minimum atomic E-state index is -0.240. The van der Waals surface area contributed by atoms with Crippen molar-refractivity contribution in [2.24, 2.45) is 5.92 Å². The van der Waals surface area contributed by atoms with Crippen molar-refractivity contribution < 1.29 is 9.59 Å². The molecule has 0 aromatic carbocycles. The maximum absolute atomic E-state index is 11.4. The molecule has 14 heavy (non-hydrogen) atoms. The highest BCUT2D eigenvalue weighted by molar-refractivity contribution is 6.02. The van der Waals surface area contributed by atoms with E-state index in [4.69, 9.17) is 0 Å². The van der Waals surface area contributed by atoms with Gasteiger partial charge in [-0.15, -0.1) is 0 Å². The van der Waals surface area contributed by atoms with Gasteiger partial charge in [-0.3, -0.25) is 9.69 Å². The fourth-order valence-electron chi connectivity index (χ4n) is 2.13. The summed E-state index contributed by atoms with van der Waals surface area (Å²) in [7, 11) is 0. The number of nitrogens with zero attached hydrogens (tertiary/aromatic N) is 1. The molecule has 0 aliphatic carbocycles. The smallest absolute Gasteiger partial charge is 0.324 e. The first-order valence-electron chi connectivity index (χ1n) is 4.99. The summed E-state index contributed by atoms with van der Waals surface area (Å²) >= 11 is 0. The molecule has 2 rings (SSSR count). The predicted octanol–water partition coefficient (Wildman–Crippen LogP) is -0.464. The second-order valence-corrected chi connectivity index (χ2v) is 4.08. The van der Waals surface area contributed by atoms with Gasteiger partial charge in [-0.25, -0.2) is 4.79 Å². The Kier molecular flexibility index (Phi) is 2.41. The second-order valence-electron chi connectivity index (χ2n) is 4.08. The third-order valence-electron chi connectivity index (χ3n) is 2.79. The van der Waals surface area contributed by atoms with Crippen LogP contribution in [0.25, 0.3) is 0 Å². The van der Waals surface area contributed by atoms with Crippen LogP contribution in [0, 0.1) is 5.92 Å². The van der Waals surface area contributed by atoms with Crippen molar-refractivity contribution in [1.82, 2.24) is 15.5 Å². The molecule has 2 saturated heterocycles. The highest BCUT2D eigenvalue weighted by atomic mass is 16.2. The zero-order chi connectivity index (χ0) is 10.1. The molecule has 5 nitrogen and oxygen atoms in total. The van der Waals surface area contributed by atoms with Gasteiger partial charge in [0.15, 0.2) is 0 Å². The molecule has 0 saturated carbocycles. The molecule has 2 aliphatic rings. The molecule has 2 atom stereocenters. The number of rotatable bonds is 1. The van der Waals surface area contributed by atoms with Crippen molar-refractivity contribution >= 4 is 11.9 Å². The highest BCUT2D eigenvalue weighted by Gasteiger charge is 2.36. The number of carbonyl (C=O) groups excluding carboxylic acids is 2. The van der Waals surface area contributed by atoms with Gasteiger partial charge in [0.05, 0.1) is 12.6 Å². The van der Waals surface area contributed by atoms with Crippen molar-refractivity contribution in [2.75, 3.05) is 19.6 Å². The monoisotopic (exact) mass is 197 g/mol. The fourth-order valence-corrected chi connectivity index (χ4v) is 2.13. The van der Waals surface area contributed by atoms with Crippen molar-refractivity contribution in [1.29, 1.82) is 0 Å². The standard InChI is InChI=1S/C9H15N3O2/c1-6-2-7(4-10-3-6)12-8(13)5-11-9(12)14/h6-7,10H,2-5H2,1H3,(H,11,14). The number of piperidine rings is 1. The number of urea groups is 1. The zero-order valence-corrected chi connectivity index (χ0v) is 8.25. The Morgan fingerprint density at radius 1 is 1.36 bits per heavy atom. The normalized spacial score (nSPS) is 33.4. The molecule has 2 fully saturated rings. The van der Waals surface area contributed by atoms with E-state index < -0.39 is 0 Å². The molecule has 3 amide bonds. The topological polar surface area (TPSA) is 61.4 Å². The molecule has 0 spiro atoms. The van der Waals surface area contributed by atoms with Crippen molar-refractivity contribution in [3.63, 3.8) is 0 Å². The van der Waals surface area contributed by atoms with E-state index >= 15 is 0 Å². The van der Waals surface area contributed by atoms with Crippen LogP contribution in [-0.4, -0.2) is 42.5 Å². The van der Waals surface area contributed by atoms with Crippen molar-refractivity contribution in [3.8, 4) is 0 Å².